The molecule has 64 heavy (non-hydrogen) atoms. The molecule has 6 N–H and O–H groups in total. The van der Waals surface area contributed by atoms with Gasteiger partial charge in [-0.2, -0.15) is 5.10 Å². The van der Waals surface area contributed by atoms with Gasteiger partial charge in [0.15, 0.2) is 5.75 Å². The van der Waals surface area contributed by atoms with Crippen molar-refractivity contribution < 1.29 is 58.9 Å². The number of aromatic hydroxyl groups is 3. The van der Waals surface area contributed by atoms with E-state index in [-0.39, 0.29) is 50.0 Å². The first-order chi connectivity index (χ1) is 30.1. The van der Waals surface area contributed by atoms with E-state index in [1.165, 1.54) is 71.8 Å². The molecule has 348 valence electrons. The van der Waals surface area contributed by atoms with Crippen LogP contribution < -0.4 is 10.1 Å². The van der Waals surface area contributed by atoms with Crippen LogP contribution in [0.4, 0.5) is 5.69 Å². The SMILES string of the molecule is CO[C@H]1/C=C/O[C@@]2(C)Oc3c(C)c(O)c4c(O)c(c(/C=N/N(C)C56CC7CC(CC(C7)C5)C6)c(O)c4c3C2=O)NC(=O)/C(C)=C\C=C\[C@H](C)[C@H](O)[C@@H](C)[C@@H](O)[C@@H](C)[C@H](OC(C)=O)[C@@H]1C. The van der Waals surface area contributed by atoms with E-state index in [1.807, 2.05) is 12.1 Å². The summed E-state index contributed by atoms with van der Waals surface area (Å²) in [6.07, 6.45) is 11.7. The van der Waals surface area contributed by atoms with Gasteiger partial charge in [0.1, 0.15) is 23.4 Å². The minimum Gasteiger partial charge on any atom is -0.507 e. The normalized spacial score (nSPS) is 37.2. The zero-order valence-electron chi connectivity index (χ0n) is 38.5. The first kappa shape index (κ1) is 46.9. The summed E-state index contributed by atoms with van der Waals surface area (Å²) in [5.74, 6) is -6.36. The molecule has 3 heterocycles. The number of aliphatic hydroxyl groups is 2. The number of phenolic OH excluding ortho intramolecular Hbond substituents is 3. The number of nitrogens with zero attached hydrogens (tertiary/aromatic N) is 2. The molecule has 15 nitrogen and oxygen atoms in total. The first-order valence-corrected chi connectivity index (χ1v) is 22.5. The van der Waals surface area contributed by atoms with E-state index in [1.54, 1.807) is 46.8 Å². The molecule has 2 aromatic rings. The van der Waals surface area contributed by atoms with Crippen molar-refractivity contribution >= 4 is 40.3 Å². The number of esters is 1. The number of carbonyl (C=O) groups is 3. The zero-order valence-corrected chi connectivity index (χ0v) is 38.5. The number of nitrogens with one attached hydrogen (secondary N) is 1. The van der Waals surface area contributed by atoms with Gasteiger partial charge in [-0.05, 0) is 76.2 Å². The molecule has 3 aliphatic heterocycles. The van der Waals surface area contributed by atoms with Gasteiger partial charge in [-0.1, -0.05) is 45.9 Å². The Morgan fingerprint density at radius 2 is 1.53 bits per heavy atom. The first-order valence-electron chi connectivity index (χ1n) is 22.5. The van der Waals surface area contributed by atoms with Gasteiger partial charge in [-0.25, -0.2) is 0 Å². The molecule has 4 saturated carbocycles. The lowest BCUT2D eigenvalue weighted by molar-refractivity contribution is -0.160. The topological polar surface area (TPSA) is 217 Å². The number of hydrogen-bond donors (Lipinski definition) is 6. The van der Waals surface area contributed by atoms with Crippen LogP contribution in [0.1, 0.15) is 108 Å². The molecule has 0 spiro atoms. The summed E-state index contributed by atoms with van der Waals surface area (Å²) in [4.78, 5) is 41.0. The Morgan fingerprint density at radius 3 is 2.12 bits per heavy atom. The van der Waals surface area contributed by atoms with Gasteiger partial charge < -0.3 is 49.8 Å². The van der Waals surface area contributed by atoms with E-state index in [2.05, 4.69) is 5.32 Å². The number of carbonyl (C=O) groups excluding carboxylic acids is 3. The molecule has 0 aromatic heterocycles. The van der Waals surface area contributed by atoms with Gasteiger partial charge in [-0.3, -0.25) is 19.4 Å². The predicted molar refractivity (Wildman–Crippen MR) is 240 cm³/mol. The Morgan fingerprint density at radius 1 is 0.906 bits per heavy atom. The Hall–Kier alpha value is -5.12. The van der Waals surface area contributed by atoms with Gasteiger partial charge >= 0.3 is 11.8 Å². The summed E-state index contributed by atoms with van der Waals surface area (Å²) in [6.45, 7) is 12.6. The number of benzene rings is 2. The molecular weight excluding hydrogens is 823 g/mol. The number of hydrazone groups is 1. The Kier molecular flexibility index (Phi) is 13.0. The fraction of sp³-hybridized carbons (Fsp3) is 0.592. The molecule has 0 radical (unpaired) electrons. The minimum atomic E-state index is -2.04. The molecule has 7 aliphatic rings. The van der Waals surface area contributed by atoms with Crippen LogP contribution in [-0.2, 0) is 23.8 Å². The van der Waals surface area contributed by atoms with Gasteiger partial charge in [0.05, 0.1) is 58.5 Å². The molecule has 2 aromatic carbocycles. The van der Waals surface area contributed by atoms with Crippen LogP contribution in [0.3, 0.4) is 0 Å². The molecule has 4 aliphatic carbocycles. The summed E-state index contributed by atoms with van der Waals surface area (Å²) in [5.41, 5.74) is -0.421. The third-order valence-corrected chi connectivity index (χ3v) is 15.1. The van der Waals surface area contributed by atoms with Crippen LogP contribution in [-0.4, -0.2) is 104 Å². The number of fused-ring (bicyclic) bond motifs is 14. The maximum Gasteiger partial charge on any atom is 0.312 e. The minimum absolute atomic E-state index is 0.0690. The van der Waals surface area contributed by atoms with Crippen LogP contribution in [0.25, 0.3) is 10.8 Å². The molecule has 1 amide bonds. The number of rotatable bonds is 5. The van der Waals surface area contributed by atoms with Crippen LogP contribution >= 0.6 is 0 Å². The summed E-state index contributed by atoms with van der Waals surface area (Å²) >= 11 is 0. The number of methoxy groups -OCH3 is 1. The summed E-state index contributed by atoms with van der Waals surface area (Å²) < 4.78 is 23.8. The standard InChI is InChI=1S/C49H65N3O12/c1-23-12-11-13-24(2)47(60)51-38-33(22-50-52(9)49-19-30-16-31(20-49)18-32(17-30)21-49)42(57)35-36(43(38)58)41(56)28(6)45-37(35)46(59)48(8,64-45)62-15-14-34(61-10)25(3)44(63-29(7)53)27(5)40(55)26(4)39(23)54/h11-15,22-23,25-27,30-32,34,39-40,44,54-58H,16-21H2,1-10H3,(H,51,60)/b12-11+,15-14+,24-13-,50-22+/t23-,25+,26+,27+,30?,31?,32?,34-,39-,40+,44+,48-,49?/m0/s1. The van der Waals surface area contributed by atoms with Crippen LogP contribution in [0.5, 0.6) is 23.0 Å². The van der Waals surface area contributed by atoms with Crippen LogP contribution in [0.2, 0.25) is 0 Å². The second-order valence-corrected chi connectivity index (χ2v) is 19.5. The Balaban J connectivity index is 1.37. The van der Waals surface area contributed by atoms with Gasteiger partial charge in [0, 0.05) is 68.2 Å². The fourth-order valence-electron chi connectivity index (χ4n) is 11.6. The summed E-state index contributed by atoms with van der Waals surface area (Å²) in [6, 6.07) is 0. The molecule has 9 rings (SSSR count). The van der Waals surface area contributed by atoms with E-state index < -0.39 is 88.8 Å². The van der Waals surface area contributed by atoms with E-state index in [9.17, 15) is 39.9 Å². The lowest BCUT2D eigenvalue weighted by Crippen LogP contribution is -2.57. The fourth-order valence-corrected chi connectivity index (χ4v) is 11.6. The smallest absolute Gasteiger partial charge is 0.312 e. The van der Waals surface area contributed by atoms with Crippen molar-refractivity contribution in [2.45, 2.75) is 130 Å². The quantitative estimate of drug-likeness (QED) is 0.0588. The van der Waals surface area contributed by atoms with Crippen molar-refractivity contribution in [3.8, 4) is 23.0 Å². The van der Waals surface area contributed by atoms with Crippen molar-refractivity contribution in [3.63, 3.8) is 0 Å². The molecule has 0 saturated heterocycles. The Bertz CT molecular complexity index is 2280. The second-order valence-electron chi connectivity index (χ2n) is 19.5. The van der Waals surface area contributed by atoms with Crippen molar-refractivity contribution in [2.24, 2.45) is 46.5 Å². The number of ketones is 1. The molecular formula is C49H65N3O12. The van der Waals surface area contributed by atoms with Crippen molar-refractivity contribution in [1.29, 1.82) is 0 Å². The Labute approximate surface area is 374 Å². The zero-order chi connectivity index (χ0) is 46.7. The number of hydrogen-bond acceptors (Lipinski definition) is 14. The maximum absolute atomic E-state index is 14.6. The molecule has 15 heteroatoms. The average Bonchev–Trinajstić information content (AvgIpc) is 3.51. The third kappa shape index (κ3) is 8.23. The lowest BCUT2D eigenvalue weighted by atomic mass is 9.53. The number of allylic oxidation sites excluding steroid dienone is 2. The number of ether oxygens (including phenoxy) is 4. The second kappa shape index (κ2) is 17.7. The highest BCUT2D eigenvalue weighted by Gasteiger charge is 2.53. The van der Waals surface area contributed by atoms with E-state index in [4.69, 9.17) is 24.0 Å². The van der Waals surface area contributed by atoms with Crippen LogP contribution in [0, 0.1) is 48.3 Å². The van der Waals surface area contributed by atoms with E-state index in [0.29, 0.717) is 17.8 Å². The number of amides is 1. The number of phenols is 3. The van der Waals surface area contributed by atoms with Crippen molar-refractivity contribution in [2.75, 3.05) is 19.5 Å². The number of anilines is 1. The molecule has 9 atom stereocenters. The average molecular weight is 888 g/mol. The lowest BCUT2D eigenvalue weighted by Gasteiger charge is -2.59. The maximum atomic E-state index is 14.6. The van der Waals surface area contributed by atoms with E-state index >= 15 is 0 Å². The molecule has 9 bridgehead atoms. The number of aliphatic hydroxyl groups excluding tert-OH is 2. The van der Waals surface area contributed by atoms with Crippen LogP contribution in [0.15, 0.2) is 41.2 Å². The number of Topliss-reactive ketones (excluding diaryl/α,β-unsaturated/α-hetero) is 1. The summed E-state index contributed by atoms with van der Waals surface area (Å²) in [5, 5.41) is 68.3. The predicted octanol–water partition coefficient (Wildman–Crippen LogP) is 6.99. The summed E-state index contributed by atoms with van der Waals surface area (Å²) in [7, 11) is 3.36. The van der Waals surface area contributed by atoms with Gasteiger partial charge in [0.25, 0.3) is 11.7 Å². The highest BCUT2D eigenvalue weighted by atomic mass is 16.7. The third-order valence-electron chi connectivity index (χ3n) is 15.1. The highest BCUT2D eigenvalue weighted by Crippen LogP contribution is 2.58. The van der Waals surface area contributed by atoms with Gasteiger partial charge in [0.2, 0.25) is 0 Å². The van der Waals surface area contributed by atoms with Gasteiger partial charge in [-0.15, -0.1) is 0 Å². The largest absolute Gasteiger partial charge is 0.507 e. The van der Waals surface area contributed by atoms with E-state index in [0.717, 1.165) is 19.3 Å². The molecule has 0 unspecified atom stereocenters. The monoisotopic (exact) mass is 887 g/mol. The van der Waals surface area contributed by atoms with Crippen molar-refractivity contribution in [1.82, 2.24) is 5.01 Å². The molecule has 4 fully saturated rings. The highest BCUT2D eigenvalue weighted by molar-refractivity contribution is 6.23. The van der Waals surface area contributed by atoms with Crippen molar-refractivity contribution in [3.05, 3.63) is 52.8 Å².